The lowest BCUT2D eigenvalue weighted by Crippen LogP contribution is -2.41. The first kappa shape index (κ1) is 12.2. The number of aryl methyl sites for hydroxylation is 1. The lowest BCUT2D eigenvalue weighted by atomic mass is 9.64. The number of ether oxygens (including phenoxy) is 2. The third-order valence-corrected chi connectivity index (χ3v) is 3.99. The Hall–Kier alpha value is -1.22. The Balaban J connectivity index is 2.54. The molecule has 0 bridgehead atoms. The van der Waals surface area contributed by atoms with Gasteiger partial charge in [-0.15, -0.1) is 0 Å². The predicted octanol–water partition coefficient (Wildman–Crippen LogP) is 2.39. The fourth-order valence-electron chi connectivity index (χ4n) is 2.72. The first-order valence-corrected chi connectivity index (χ1v) is 6.10. The quantitative estimate of drug-likeness (QED) is 0.871. The molecule has 94 valence electrons. The highest BCUT2D eigenvalue weighted by molar-refractivity contribution is 5.55. The fraction of sp³-hybridized carbons (Fsp3) is 0.571. The molecule has 1 fully saturated rings. The van der Waals surface area contributed by atoms with Crippen LogP contribution in [0.3, 0.4) is 0 Å². The van der Waals surface area contributed by atoms with Gasteiger partial charge in [0.05, 0.1) is 14.2 Å². The van der Waals surface area contributed by atoms with Gasteiger partial charge in [-0.1, -0.05) is 18.6 Å². The van der Waals surface area contributed by atoms with Gasteiger partial charge >= 0.3 is 0 Å². The van der Waals surface area contributed by atoms with Crippen molar-refractivity contribution in [2.45, 2.75) is 31.6 Å². The van der Waals surface area contributed by atoms with E-state index in [0.717, 1.165) is 29.9 Å². The number of hydrogen-bond donors (Lipinski definition) is 1. The van der Waals surface area contributed by atoms with E-state index >= 15 is 0 Å². The van der Waals surface area contributed by atoms with Crippen LogP contribution < -0.4 is 15.2 Å². The second kappa shape index (κ2) is 4.57. The maximum absolute atomic E-state index is 5.96. The molecule has 1 aromatic rings. The molecular weight excluding hydrogens is 214 g/mol. The van der Waals surface area contributed by atoms with Crippen LogP contribution in [0.4, 0.5) is 0 Å². The number of benzene rings is 1. The highest BCUT2D eigenvalue weighted by Crippen LogP contribution is 2.49. The summed E-state index contributed by atoms with van der Waals surface area (Å²) in [5, 5.41) is 0. The van der Waals surface area contributed by atoms with E-state index in [9.17, 15) is 0 Å². The monoisotopic (exact) mass is 235 g/mol. The van der Waals surface area contributed by atoms with Crippen molar-refractivity contribution in [1.29, 1.82) is 0 Å². The highest BCUT2D eigenvalue weighted by Gasteiger charge is 2.40. The van der Waals surface area contributed by atoms with Gasteiger partial charge in [-0.25, -0.2) is 0 Å². The summed E-state index contributed by atoms with van der Waals surface area (Å²) in [6, 6.07) is 4.23. The number of nitrogens with two attached hydrogens (primary N) is 1. The van der Waals surface area contributed by atoms with Gasteiger partial charge in [0, 0.05) is 17.5 Å². The molecule has 1 aromatic carbocycles. The average molecular weight is 235 g/mol. The van der Waals surface area contributed by atoms with Gasteiger partial charge in [0.2, 0.25) is 0 Å². The van der Waals surface area contributed by atoms with E-state index < -0.39 is 0 Å². The minimum absolute atomic E-state index is 0.103. The Bertz CT molecular complexity index is 405. The number of methoxy groups -OCH3 is 2. The molecule has 17 heavy (non-hydrogen) atoms. The Labute approximate surface area is 103 Å². The van der Waals surface area contributed by atoms with Crippen molar-refractivity contribution in [3.05, 3.63) is 23.3 Å². The minimum Gasteiger partial charge on any atom is -0.493 e. The third kappa shape index (κ3) is 1.78. The van der Waals surface area contributed by atoms with Crippen molar-refractivity contribution in [1.82, 2.24) is 0 Å². The Morgan fingerprint density at radius 2 is 1.82 bits per heavy atom. The molecule has 0 unspecified atom stereocenters. The molecule has 0 saturated heterocycles. The van der Waals surface area contributed by atoms with Gasteiger partial charge in [-0.3, -0.25) is 0 Å². The molecule has 1 saturated carbocycles. The van der Waals surface area contributed by atoms with Crippen LogP contribution in [0.1, 0.15) is 30.4 Å². The van der Waals surface area contributed by atoms with Crippen molar-refractivity contribution in [3.63, 3.8) is 0 Å². The van der Waals surface area contributed by atoms with Crippen LogP contribution in [0, 0.1) is 6.92 Å². The van der Waals surface area contributed by atoms with Gasteiger partial charge in [0.15, 0.2) is 11.5 Å². The first-order valence-electron chi connectivity index (χ1n) is 6.10. The van der Waals surface area contributed by atoms with Crippen LogP contribution >= 0.6 is 0 Å². The summed E-state index contributed by atoms with van der Waals surface area (Å²) in [6.45, 7) is 2.70. The van der Waals surface area contributed by atoms with Crippen LogP contribution in [0.25, 0.3) is 0 Å². The topological polar surface area (TPSA) is 44.5 Å². The van der Waals surface area contributed by atoms with Gasteiger partial charge in [-0.2, -0.15) is 0 Å². The lowest BCUT2D eigenvalue weighted by molar-refractivity contribution is 0.240. The zero-order chi connectivity index (χ0) is 12.5. The van der Waals surface area contributed by atoms with E-state index in [1.165, 1.54) is 12.0 Å². The van der Waals surface area contributed by atoms with Crippen molar-refractivity contribution >= 4 is 0 Å². The van der Waals surface area contributed by atoms with Gasteiger partial charge in [0.1, 0.15) is 0 Å². The van der Waals surface area contributed by atoms with E-state index in [1.807, 2.05) is 6.92 Å². The molecule has 1 aliphatic carbocycles. The smallest absolute Gasteiger partial charge is 0.164 e. The molecule has 0 atom stereocenters. The predicted molar refractivity (Wildman–Crippen MR) is 68.9 cm³/mol. The standard InChI is InChI=1S/C14H21NO2/c1-10-5-6-11(13(17-3)12(10)16-2)14(9-15)7-4-8-14/h5-6H,4,7-9,15H2,1-3H3. The summed E-state index contributed by atoms with van der Waals surface area (Å²) in [5.41, 5.74) is 8.36. The van der Waals surface area contributed by atoms with Crippen LogP contribution in [0.5, 0.6) is 11.5 Å². The zero-order valence-corrected chi connectivity index (χ0v) is 10.9. The van der Waals surface area contributed by atoms with E-state index in [0.29, 0.717) is 6.54 Å². The summed E-state index contributed by atoms with van der Waals surface area (Å²) < 4.78 is 11.0. The maximum Gasteiger partial charge on any atom is 0.164 e. The Kier molecular flexibility index (Phi) is 3.29. The van der Waals surface area contributed by atoms with E-state index in [-0.39, 0.29) is 5.41 Å². The second-order valence-electron chi connectivity index (χ2n) is 4.83. The molecule has 2 N–H and O–H groups in total. The summed E-state index contributed by atoms with van der Waals surface area (Å²) >= 11 is 0. The molecule has 3 nitrogen and oxygen atoms in total. The van der Waals surface area contributed by atoms with Crippen molar-refractivity contribution < 1.29 is 9.47 Å². The molecule has 0 spiro atoms. The molecule has 3 heteroatoms. The van der Waals surface area contributed by atoms with Crippen molar-refractivity contribution in [2.75, 3.05) is 20.8 Å². The third-order valence-electron chi connectivity index (χ3n) is 3.99. The highest BCUT2D eigenvalue weighted by atomic mass is 16.5. The number of hydrogen-bond acceptors (Lipinski definition) is 3. The molecule has 0 aromatic heterocycles. The zero-order valence-electron chi connectivity index (χ0n) is 10.9. The molecule has 1 aliphatic rings. The summed E-state index contributed by atoms with van der Waals surface area (Å²) in [6.07, 6.45) is 3.54. The van der Waals surface area contributed by atoms with E-state index in [1.54, 1.807) is 14.2 Å². The van der Waals surface area contributed by atoms with Crippen molar-refractivity contribution in [2.24, 2.45) is 5.73 Å². The normalized spacial score (nSPS) is 17.4. The SMILES string of the molecule is COc1c(C)ccc(C2(CN)CCC2)c1OC. The fourth-order valence-corrected chi connectivity index (χ4v) is 2.72. The molecular formula is C14H21NO2. The van der Waals surface area contributed by atoms with Crippen LogP contribution in [0.15, 0.2) is 12.1 Å². The minimum atomic E-state index is 0.103. The van der Waals surface area contributed by atoms with Gasteiger partial charge in [0.25, 0.3) is 0 Å². The molecule has 0 amide bonds. The largest absolute Gasteiger partial charge is 0.493 e. The summed E-state index contributed by atoms with van der Waals surface area (Å²) in [4.78, 5) is 0. The van der Waals surface area contributed by atoms with Crippen LogP contribution in [-0.4, -0.2) is 20.8 Å². The second-order valence-corrected chi connectivity index (χ2v) is 4.83. The van der Waals surface area contributed by atoms with Gasteiger partial charge < -0.3 is 15.2 Å². The van der Waals surface area contributed by atoms with Crippen LogP contribution in [-0.2, 0) is 5.41 Å². The average Bonchev–Trinajstić information content (AvgIpc) is 2.29. The Morgan fingerprint density at radius 1 is 1.18 bits per heavy atom. The van der Waals surface area contributed by atoms with Crippen LogP contribution in [0.2, 0.25) is 0 Å². The van der Waals surface area contributed by atoms with E-state index in [2.05, 4.69) is 12.1 Å². The molecule has 0 radical (unpaired) electrons. The molecule has 0 aliphatic heterocycles. The first-order chi connectivity index (χ1) is 8.18. The summed E-state index contributed by atoms with van der Waals surface area (Å²) in [5.74, 6) is 1.70. The van der Waals surface area contributed by atoms with E-state index in [4.69, 9.17) is 15.2 Å². The van der Waals surface area contributed by atoms with Crippen molar-refractivity contribution in [3.8, 4) is 11.5 Å². The summed E-state index contributed by atoms with van der Waals surface area (Å²) in [7, 11) is 3.38. The molecule has 2 rings (SSSR count). The van der Waals surface area contributed by atoms with Gasteiger partial charge in [-0.05, 0) is 25.3 Å². The maximum atomic E-state index is 5.96. The molecule has 0 heterocycles. The Morgan fingerprint density at radius 3 is 2.24 bits per heavy atom. The lowest BCUT2D eigenvalue weighted by Gasteiger charge is -2.42. The number of rotatable bonds is 4.